The van der Waals surface area contributed by atoms with Crippen LogP contribution in [0.1, 0.15) is 38.2 Å². The molecule has 0 aliphatic heterocycles. The molecule has 1 atom stereocenters. The Hall–Kier alpha value is -0.710. The van der Waals surface area contributed by atoms with Crippen LogP contribution >= 0.6 is 15.9 Å². The van der Waals surface area contributed by atoms with Gasteiger partial charge in [-0.3, -0.25) is 0 Å². The van der Waals surface area contributed by atoms with Crippen LogP contribution in [0, 0.1) is 5.92 Å². The summed E-state index contributed by atoms with van der Waals surface area (Å²) in [4.78, 5) is 0. The second-order valence-electron chi connectivity index (χ2n) is 5.17. The van der Waals surface area contributed by atoms with Crippen LogP contribution in [0.15, 0.2) is 22.7 Å². The highest BCUT2D eigenvalue weighted by molar-refractivity contribution is 9.10. The molecular weight excluding hydrogens is 319 g/mol. The van der Waals surface area contributed by atoms with Crippen molar-refractivity contribution in [3.05, 3.63) is 28.2 Å². The first-order valence-corrected chi connectivity index (χ1v) is 7.30. The summed E-state index contributed by atoms with van der Waals surface area (Å²) >= 11 is 2.95. The van der Waals surface area contributed by atoms with Crippen LogP contribution in [0.3, 0.4) is 0 Å². The van der Waals surface area contributed by atoms with Crippen molar-refractivity contribution >= 4 is 21.6 Å². The standard InChI is InChI=1S/C14H17BrF3N/c1-9(10-4-2-3-5-10)19-11-6-7-13(15)12(8-11)14(16,17)18/h6-10,19H,2-5H2,1H3. The molecule has 0 spiro atoms. The Morgan fingerprint density at radius 2 is 1.89 bits per heavy atom. The summed E-state index contributed by atoms with van der Waals surface area (Å²) in [6, 6.07) is 4.53. The molecule has 0 aromatic heterocycles. The van der Waals surface area contributed by atoms with Crippen molar-refractivity contribution in [3.63, 3.8) is 0 Å². The van der Waals surface area contributed by atoms with Gasteiger partial charge in [0.15, 0.2) is 0 Å². The first-order valence-electron chi connectivity index (χ1n) is 6.51. The molecule has 1 N–H and O–H groups in total. The summed E-state index contributed by atoms with van der Waals surface area (Å²) in [7, 11) is 0. The topological polar surface area (TPSA) is 12.0 Å². The molecule has 0 heterocycles. The second-order valence-corrected chi connectivity index (χ2v) is 6.02. The molecule has 1 aliphatic rings. The third kappa shape index (κ3) is 3.65. The van der Waals surface area contributed by atoms with Crippen LogP contribution in [0.4, 0.5) is 18.9 Å². The average Bonchev–Trinajstić information content (AvgIpc) is 2.83. The number of anilines is 1. The molecule has 106 valence electrons. The lowest BCUT2D eigenvalue weighted by Gasteiger charge is -2.22. The zero-order chi connectivity index (χ0) is 14.0. The fourth-order valence-electron chi connectivity index (χ4n) is 2.67. The van der Waals surface area contributed by atoms with Crippen molar-refractivity contribution < 1.29 is 13.2 Å². The highest BCUT2D eigenvalue weighted by Gasteiger charge is 2.33. The zero-order valence-electron chi connectivity index (χ0n) is 10.7. The molecule has 0 radical (unpaired) electrons. The number of hydrogen-bond donors (Lipinski definition) is 1. The molecule has 0 bridgehead atoms. The maximum Gasteiger partial charge on any atom is 0.417 e. The van der Waals surface area contributed by atoms with E-state index in [-0.39, 0.29) is 10.5 Å². The summed E-state index contributed by atoms with van der Waals surface area (Å²) in [6.07, 6.45) is 0.455. The van der Waals surface area contributed by atoms with E-state index in [2.05, 4.69) is 21.2 Å². The van der Waals surface area contributed by atoms with E-state index in [1.165, 1.54) is 25.0 Å². The number of hydrogen-bond acceptors (Lipinski definition) is 1. The number of nitrogens with one attached hydrogen (secondary N) is 1. The summed E-state index contributed by atoms with van der Waals surface area (Å²) < 4.78 is 38.5. The van der Waals surface area contributed by atoms with Crippen molar-refractivity contribution in [2.45, 2.75) is 44.8 Å². The number of alkyl halides is 3. The number of rotatable bonds is 3. The van der Waals surface area contributed by atoms with E-state index >= 15 is 0 Å². The lowest BCUT2D eigenvalue weighted by atomic mass is 9.99. The van der Waals surface area contributed by atoms with Crippen LogP contribution < -0.4 is 5.32 Å². The smallest absolute Gasteiger partial charge is 0.382 e. The van der Waals surface area contributed by atoms with Crippen molar-refractivity contribution in [1.29, 1.82) is 0 Å². The zero-order valence-corrected chi connectivity index (χ0v) is 12.3. The number of halogens is 4. The van der Waals surface area contributed by atoms with Crippen molar-refractivity contribution in [2.24, 2.45) is 5.92 Å². The van der Waals surface area contributed by atoms with Gasteiger partial charge in [0.25, 0.3) is 0 Å². The summed E-state index contributed by atoms with van der Waals surface area (Å²) in [5.41, 5.74) is -0.0916. The van der Waals surface area contributed by atoms with E-state index in [1.807, 2.05) is 6.92 Å². The maximum atomic E-state index is 12.8. The second kappa shape index (κ2) is 5.73. The molecule has 1 aromatic rings. The fraction of sp³-hybridized carbons (Fsp3) is 0.571. The quantitative estimate of drug-likeness (QED) is 0.773. The lowest BCUT2D eigenvalue weighted by Crippen LogP contribution is -2.24. The summed E-state index contributed by atoms with van der Waals surface area (Å²) in [5, 5.41) is 3.20. The van der Waals surface area contributed by atoms with Gasteiger partial charge in [-0.2, -0.15) is 13.2 Å². The molecule has 1 unspecified atom stereocenters. The van der Waals surface area contributed by atoms with E-state index < -0.39 is 11.7 Å². The van der Waals surface area contributed by atoms with Gasteiger partial charge in [-0.05, 0) is 43.9 Å². The maximum absolute atomic E-state index is 12.8. The minimum absolute atomic E-state index is 0.0825. The van der Waals surface area contributed by atoms with Crippen LogP contribution in [-0.4, -0.2) is 6.04 Å². The first kappa shape index (κ1) is 14.7. The fourth-order valence-corrected chi connectivity index (χ4v) is 3.14. The van der Waals surface area contributed by atoms with Gasteiger partial charge in [0, 0.05) is 16.2 Å². The van der Waals surface area contributed by atoms with Gasteiger partial charge >= 0.3 is 6.18 Å². The van der Waals surface area contributed by atoms with Crippen LogP contribution in [0.25, 0.3) is 0 Å². The molecule has 2 rings (SSSR count). The Labute approximate surface area is 119 Å². The minimum atomic E-state index is -4.33. The Kier molecular flexibility index (Phi) is 4.43. The molecule has 5 heteroatoms. The lowest BCUT2D eigenvalue weighted by molar-refractivity contribution is -0.138. The van der Waals surface area contributed by atoms with E-state index in [4.69, 9.17) is 0 Å². The van der Waals surface area contributed by atoms with Crippen LogP contribution in [0.5, 0.6) is 0 Å². The van der Waals surface area contributed by atoms with E-state index in [0.717, 1.165) is 12.8 Å². The normalized spacial score (nSPS) is 18.6. The van der Waals surface area contributed by atoms with E-state index in [1.54, 1.807) is 6.07 Å². The highest BCUT2D eigenvalue weighted by atomic mass is 79.9. The number of benzene rings is 1. The van der Waals surface area contributed by atoms with Crippen LogP contribution in [-0.2, 0) is 6.18 Å². The van der Waals surface area contributed by atoms with E-state index in [9.17, 15) is 13.2 Å². The molecule has 1 aromatic carbocycles. The van der Waals surface area contributed by atoms with Gasteiger partial charge in [-0.1, -0.05) is 28.8 Å². The van der Waals surface area contributed by atoms with Gasteiger partial charge < -0.3 is 5.32 Å². The SMILES string of the molecule is CC(Nc1ccc(Br)c(C(F)(F)F)c1)C1CCCC1. The van der Waals surface area contributed by atoms with E-state index in [0.29, 0.717) is 11.6 Å². The predicted octanol–water partition coefficient (Wildman–Crippen LogP) is 5.46. The third-order valence-corrected chi connectivity index (χ3v) is 4.46. The molecule has 1 fully saturated rings. The Morgan fingerprint density at radius 3 is 2.47 bits per heavy atom. The monoisotopic (exact) mass is 335 g/mol. The molecule has 0 saturated heterocycles. The Morgan fingerprint density at radius 1 is 1.26 bits per heavy atom. The van der Waals surface area contributed by atoms with Crippen molar-refractivity contribution in [3.8, 4) is 0 Å². The minimum Gasteiger partial charge on any atom is -0.382 e. The highest BCUT2D eigenvalue weighted by Crippen LogP contribution is 2.37. The summed E-state index contributed by atoms with van der Waals surface area (Å²) in [5.74, 6) is 0.568. The largest absolute Gasteiger partial charge is 0.417 e. The van der Waals surface area contributed by atoms with Gasteiger partial charge in [0.05, 0.1) is 5.56 Å². The molecular formula is C14H17BrF3N. The van der Waals surface area contributed by atoms with Gasteiger partial charge in [-0.15, -0.1) is 0 Å². The molecule has 0 amide bonds. The van der Waals surface area contributed by atoms with Gasteiger partial charge in [0.1, 0.15) is 0 Å². The Balaban J connectivity index is 2.12. The first-order chi connectivity index (χ1) is 8.88. The van der Waals surface area contributed by atoms with Gasteiger partial charge in [-0.25, -0.2) is 0 Å². The van der Waals surface area contributed by atoms with Crippen LogP contribution in [0.2, 0.25) is 0 Å². The molecule has 1 nitrogen and oxygen atoms in total. The molecule has 19 heavy (non-hydrogen) atoms. The predicted molar refractivity (Wildman–Crippen MR) is 74.2 cm³/mol. The Bertz CT molecular complexity index is 439. The van der Waals surface area contributed by atoms with Crippen molar-refractivity contribution in [2.75, 3.05) is 5.32 Å². The van der Waals surface area contributed by atoms with Crippen molar-refractivity contribution in [1.82, 2.24) is 0 Å². The summed E-state index contributed by atoms with van der Waals surface area (Å²) in [6.45, 7) is 2.05. The van der Waals surface area contributed by atoms with Gasteiger partial charge in [0.2, 0.25) is 0 Å². The third-order valence-electron chi connectivity index (χ3n) is 3.77. The molecule has 1 saturated carbocycles. The average molecular weight is 336 g/mol. The molecule has 1 aliphatic carbocycles.